The highest BCUT2D eigenvalue weighted by atomic mass is 16.1. The maximum Gasteiger partial charge on any atom is 0.221 e. The lowest BCUT2D eigenvalue weighted by Gasteiger charge is -2.11. The first-order valence-corrected chi connectivity index (χ1v) is 6.18. The number of nitriles is 1. The van der Waals surface area contributed by atoms with Crippen molar-refractivity contribution in [3.8, 4) is 6.07 Å². The van der Waals surface area contributed by atoms with E-state index in [1.54, 1.807) is 0 Å². The van der Waals surface area contributed by atoms with Crippen LogP contribution in [0.15, 0.2) is 30.3 Å². The van der Waals surface area contributed by atoms with Crippen LogP contribution in [0.25, 0.3) is 0 Å². The van der Waals surface area contributed by atoms with Crippen molar-refractivity contribution >= 4 is 5.91 Å². The molecule has 0 aliphatic carbocycles. The van der Waals surface area contributed by atoms with Gasteiger partial charge in [0.05, 0.1) is 6.07 Å². The van der Waals surface area contributed by atoms with E-state index in [9.17, 15) is 4.79 Å². The minimum Gasteiger partial charge on any atom is -0.356 e. The Morgan fingerprint density at radius 1 is 1.33 bits per heavy atom. The van der Waals surface area contributed by atoms with Crippen LogP contribution in [-0.2, 0) is 4.79 Å². The fourth-order valence-corrected chi connectivity index (χ4v) is 1.65. The number of unbranched alkanes of at least 4 members (excludes halogenated alkanes) is 2. The molecule has 1 amide bonds. The number of rotatable bonds is 7. The van der Waals surface area contributed by atoms with Gasteiger partial charge in [0, 0.05) is 25.4 Å². The van der Waals surface area contributed by atoms with Crippen LogP contribution >= 0.6 is 0 Å². The number of hydrogen-bond donors (Lipinski definition) is 2. The molecule has 0 aromatic heterocycles. The summed E-state index contributed by atoms with van der Waals surface area (Å²) in [6.45, 7) is 0.613. The van der Waals surface area contributed by atoms with Crippen LogP contribution in [0.2, 0.25) is 0 Å². The van der Waals surface area contributed by atoms with Gasteiger partial charge < -0.3 is 11.1 Å². The molecule has 18 heavy (non-hydrogen) atoms. The van der Waals surface area contributed by atoms with Crippen LogP contribution in [0.1, 0.15) is 37.3 Å². The van der Waals surface area contributed by atoms with E-state index in [0.717, 1.165) is 18.4 Å². The third kappa shape index (κ3) is 5.46. The van der Waals surface area contributed by atoms with E-state index in [2.05, 4.69) is 11.4 Å². The Morgan fingerprint density at radius 3 is 2.72 bits per heavy atom. The summed E-state index contributed by atoms with van der Waals surface area (Å²) in [6, 6.07) is 11.4. The van der Waals surface area contributed by atoms with Crippen LogP contribution in [0.4, 0.5) is 0 Å². The number of nitrogens with two attached hydrogens (primary N) is 1. The lowest BCUT2D eigenvalue weighted by Crippen LogP contribution is -2.28. The summed E-state index contributed by atoms with van der Waals surface area (Å²) in [6.07, 6.45) is 2.49. The summed E-state index contributed by atoms with van der Waals surface area (Å²) in [7, 11) is 0. The van der Waals surface area contributed by atoms with Gasteiger partial charge in [0.1, 0.15) is 0 Å². The molecule has 1 rings (SSSR count). The molecule has 3 N–H and O–H groups in total. The molecule has 1 unspecified atom stereocenters. The zero-order valence-electron chi connectivity index (χ0n) is 10.4. The minimum atomic E-state index is -0.259. The van der Waals surface area contributed by atoms with Crippen molar-refractivity contribution in [2.75, 3.05) is 6.54 Å². The largest absolute Gasteiger partial charge is 0.356 e. The molecular weight excluding hydrogens is 226 g/mol. The Labute approximate surface area is 108 Å². The number of nitrogens with zero attached hydrogens (tertiary/aromatic N) is 1. The summed E-state index contributed by atoms with van der Waals surface area (Å²) in [5.74, 6) is -0.0386. The lowest BCUT2D eigenvalue weighted by atomic mass is 10.0. The van der Waals surface area contributed by atoms with Gasteiger partial charge in [0.15, 0.2) is 0 Å². The Morgan fingerprint density at radius 2 is 2.06 bits per heavy atom. The Hall–Kier alpha value is -1.86. The number of amides is 1. The number of carbonyl (C=O) groups is 1. The van der Waals surface area contributed by atoms with Crippen molar-refractivity contribution < 1.29 is 4.79 Å². The summed E-state index contributed by atoms with van der Waals surface area (Å²) in [5.41, 5.74) is 6.91. The van der Waals surface area contributed by atoms with E-state index in [-0.39, 0.29) is 11.9 Å². The molecule has 0 radical (unpaired) electrons. The van der Waals surface area contributed by atoms with Gasteiger partial charge in [-0.1, -0.05) is 30.3 Å². The van der Waals surface area contributed by atoms with Gasteiger partial charge in [0.2, 0.25) is 5.91 Å². The highest BCUT2D eigenvalue weighted by Crippen LogP contribution is 2.12. The molecule has 0 heterocycles. The number of benzene rings is 1. The predicted molar refractivity (Wildman–Crippen MR) is 70.5 cm³/mol. The molecular formula is C14H19N3O. The molecule has 1 atom stereocenters. The average Bonchev–Trinajstić information content (AvgIpc) is 2.39. The van der Waals surface area contributed by atoms with Crippen molar-refractivity contribution in [1.29, 1.82) is 5.26 Å². The third-order valence-electron chi connectivity index (χ3n) is 2.67. The van der Waals surface area contributed by atoms with Crippen molar-refractivity contribution in [3.63, 3.8) is 0 Å². The van der Waals surface area contributed by atoms with Crippen molar-refractivity contribution in [2.45, 2.75) is 31.7 Å². The predicted octanol–water partition coefficient (Wildman–Crippen LogP) is 1.89. The van der Waals surface area contributed by atoms with Crippen LogP contribution in [0, 0.1) is 11.3 Å². The van der Waals surface area contributed by atoms with Gasteiger partial charge in [-0.2, -0.15) is 5.26 Å². The molecule has 96 valence electrons. The summed E-state index contributed by atoms with van der Waals surface area (Å²) < 4.78 is 0. The second-order valence-electron chi connectivity index (χ2n) is 4.19. The normalized spacial score (nSPS) is 11.6. The molecule has 4 nitrogen and oxygen atoms in total. The van der Waals surface area contributed by atoms with Gasteiger partial charge in [-0.05, 0) is 18.4 Å². The molecule has 0 saturated heterocycles. The molecule has 0 saturated carbocycles. The van der Waals surface area contributed by atoms with Crippen LogP contribution in [0.3, 0.4) is 0 Å². The molecule has 1 aromatic rings. The molecule has 0 aliphatic rings. The second kappa shape index (κ2) is 8.26. The summed E-state index contributed by atoms with van der Waals surface area (Å²) in [5, 5.41) is 11.2. The Balaban J connectivity index is 2.22. The number of hydrogen-bond acceptors (Lipinski definition) is 3. The Kier molecular flexibility index (Phi) is 6.52. The second-order valence-corrected chi connectivity index (χ2v) is 4.19. The molecule has 4 heteroatoms. The fraction of sp³-hybridized carbons (Fsp3) is 0.429. The molecule has 1 aromatic carbocycles. The molecule has 0 bridgehead atoms. The minimum absolute atomic E-state index is 0.0386. The van der Waals surface area contributed by atoms with Gasteiger partial charge >= 0.3 is 0 Å². The first-order valence-electron chi connectivity index (χ1n) is 6.18. The van der Waals surface area contributed by atoms with Crippen molar-refractivity contribution in [3.05, 3.63) is 35.9 Å². The van der Waals surface area contributed by atoms with Gasteiger partial charge in [-0.25, -0.2) is 0 Å². The highest BCUT2D eigenvalue weighted by molar-refractivity contribution is 5.76. The van der Waals surface area contributed by atoms with Gasteiger partial charge in [-0.3, -0.25) is 4.79 Å². The first-order chi connectivity index (χ1) is 8.74. The quantitative estimate of drug-likeness (QED) is 0.720. The molecule has 0 fully saturated rings. The molecule has 0 spiro atoms. The van der Waals surface area contributed by atoms with E-state index in [0.29, 0.717) is 19.4 Å². The monoisotopic (exact) mass is 245 g/mol. The van der Waals surface area contributed by atoms with Gasteiger partial charge in [-0.15, -0.1) is 0 Å². The van der Waals surface area contributed by atoms with Crippen molar-refractivity contribution in [1.82, 2.24) is 5.32 Å². The highest BCUT2D eigenvalue weighted by Gasteiger charge is 2.10. The van der Waals surface area contributed by atoms with Crippen LogP contribution in [0.5, 0.6) is 0 Å². The number of carbonyl (C=O) groups excluding carboxylic acids is 1. The van der Waals surface area contributed by atoms with Crippen molar-refractivity contribution in [2.24, 2.45) is 5.73 Å². The average molecular weight is 245 g/mol. The third-order valence-corrected chi connectivity index (χ3v) is 2.67. The smallest absolute Gasteiger partial charge is 0.221 e. The van der Waals surface area contributed by atoms with E-state index >= 15 is 0 Å². The van der Waals surface area contributed by atoms with Gasteiger partial charge in [0.25, 0.3) is 0 Å². The SMILES string of the molecule is N#CCCCCNC(=O)CC(N)c1ccccc1. The van der Waals surface area contributed by atoms with Crippen LogP contribution < -0.4 is 11.1 Å². The zero-order valence-corrected chi connectivity index (χ0v) is 10.4. The molecule has 0 aliphatic heterocycles. The zero-order chi connectivity index (χ0) is 13.2. The fourth-order valence-electron chi connectivity index (χ4n) is 1.65. The summed E-state index contributed by atoms with van der Waals surface area (Å²) >= 11 is 0. The standard InChI is InChI=1S/C14H19N3O/c15-9-5-2-6-10-17-14(18)11-13(16)12-7-3-1-4-8-12/h1,3-4,7-8,13H,2,5-6,10-11,16H2,(H,17,18). The van der Waals surface area contributed by atoms with Crippen LogP contribution in [-0.4, -0.2) is 12.5 Å². The van der Waals surface area contributed by atoms with E-state index in [1.807, 2.05) is 30.3 Å². The Bertz CT molecular complexity index is 397. The maximum absolute atomic E-state index is 11.6. The number of nitrogens with one attached hydrogen (secondary N) is 1. The lowest BCUT2D eigenvalue weighted by molar-refractivity contribution is -0.121. The topological polar surface area (TPSA) is 78.9 Å². The summed E-state index contributed by atoms with van der Waals surface area (Å²) in [4.78, 5) is 11.6. The maximum atomic E-state index is 11.6. The van der Waals surface area contributed by atoms with E-state index in [1.165, 1.54) is 0 Å². The van der Waals surface area contributed by atoms with E-state index in [4.69, 9.17) is 11.0 Å². The first kappa shape index (κ1) is 14.2. The van der Waals surface area contributed by atoms with E-state index < -0.39 is 0 Å².